The van der Waals surface area contributed by atoms with E-state index in [-0.39, 0.29) is 0 Å². The molecule has 0 spiro atoms. The molecular formula is C12H17NO. The summed E-state index contributed by atoms with van der Waals surface area (Å²) < 4.78 is 0. The summed E-state index contributed by atoms with van der Waals surface area (Å²) >= 11 is 0. The first kappa shape index (κ1) is 10.8. The van der Waals surface area contributed by atoms with Crippen LogP contribution in [0.5, 0.6) is 0 Å². The predicted octanol–water partition coefficient (Wildman–Crippen LogP) is 3.18. The lowest BCUT2D eigenvalue weighted by atomic mass is 9.98. The van der Waals surface area contributed by atoms with Crippen LogP contribution in [0.3, 0.4) is 0 Å². The van der Waals surface area contributed by atoms with Crippen molar-refractivity contribution in [3.8, 4) is 0 Å². The van der Waals surface area contributed by atoms with Crippen LogP contribution >= 0.6 is 0 Å². The molecule has 0 atom stereocenters. The summed E-state index contributed by atoms with van der Waals surface area (Å²) in [5, 5.41) is 3.88. The second-order valence-electron chi connectivity index (χ2n) is 3.44. The molecule has 0 saturated heterocycles. The number of hydrogen-bond acceptors (Lipinski definition) is 2. The lowest BCUT2D eigenvalue weighted by Crippen LogP contribution is -1.95. The first-order valence-electron chi connectivity index (χ1n) is 5.00. The van der Waals surface area contributed by atoms with Crippen molar-refractivity contribution < 1.29 is 4.84 Å². The molecule has 0 aromatic heterocycles. The highest BCUT2D eigenvalue weighted by molar-refractivity contribution is 5.81. The van der Waals surface area contributed by atoms with Crippen LogP contribution < -0.4 is 0 Å². The van der Waals surface area contributed by atoms with E-state index in [9.17, 15) is 0 Å². The van der Waals surface area contributed by atoms with Gasteiger partial charge in [0.05, 0.1) is 6.21 Å². The molecule has 14 heavy (non-hydrogen) atoms. The predicted molar refractivity (Wildman–Crippen MR) is 59.8 cm³/mol. The van der Waals surface area contributed by atoms with Crippen molar-refractivity contribution in [1.29, 1.82) is 0 Å². The smallest absolute Gasteiger partial charge is 0.114 e. The van der Waals surface area contributed by atoms with Gasteiger partial charge in [0.25, 0.3) is 0 Å². The standard InChI is InChI=1S/C12H17NO/c1-4-14-13-9-11-7-5-6-8-12(11)10(2)3/h5-10H,4H2,1-3H3/b13-9-. The maximum atomic E-state index is 4.94. The highest BCUT2D eigenvalue weighted by Gasteiger charge is 2.02. The second kappa shape index (κ2) is 5.43. The van der Waals surface area contributed by atoms with Crippen LogP contribution in [0.15, 0.2) is 29.4 Å². The minimum atomic E-state index is 0.513. The van der Waals surface area contributed by atoms with Gasteiger partial charge in [0.15, 0.2) is 0 Å². The molecule has 0 aliphatic carbocycles. The van der Waals surface area contributed by atoms with Crippen LogP contribution in [-0.2, 0) is 4.84 Å². The zero-order chi connectivity index (χ0) is 10.4. The second-order valence-corrected chi connectivity index (χ2v) is 3.44. The van der Waals surface area contributed by atoms with Gasteiger partial charge in [0.1, 0.15) is 6.61 Å². The summed E-state index contributed by atoms with van der Waals surface area (Å²) in [7, 11) is 0. The third-order valence-electron chi connectivity index (χ3n) is 2.01. The molecule has 1 rings (SSSR count). The molecule has 0 bridgehead atoms. The van der Waals surface area contributed by atoms with Crippen LogP contribution in [0, 0.1) is 0 Å². The van der Waals surface area contributed by atoms with Crippen LogP contribution in [0.4, 0.5) is 0 Å². The zero-order valence-electron chi connectivity index (χ0n) is 9.03. The Morgan fingerprint density at radius 3 is 2.71 bits per heavy atom. The van der Waals surface area contributed by atoms with E-state index >= 15 is 0 Å². The van der Waals surface area contributed by atoms with E-state index in [1.54, 1.807) is 6.21 Å². The van der Waals surface area contributed by atoms with E-state index in [1.165, 1.54) is 5.56 Å². The quantitative estimate of drug-likeness (QED) is 0.529. The molecule has 1 aromatic carbocycles. The molecule has 0 fully saturated rings. The largest absolute Gasteiger partial charge is 0.396 e. The molecule has 2 nitrogen and oxygen atoms in total. The summed E-state index contributed by atoms with van der Waals surface area (Å²) in [6.45, 7) is 6.88. The van der Waals surface area contributed by atoms with Crippen molar-refractivity contribution >= 4 is 6.21 Å². The van der Waals surface area contributed by atoms with E-state index in [0.717, 1.165) is 5.56 Å². The Kier molecular flexibility index (Phi) is 4.17. The van der Waals surface area contributed by atoms with E-state index in [2.05, 4.69) is 31.1 Å². The summed E-state index contributed by atoms with van der Waals surface area (Å²) in [6, 6.07) is 8.24. The molecule has 0 heterocycles. The number of nitrogens with zero attached hydrogens (tertiary/aromatic N) is 1. The third kappa shape index (κ3) is 2.87. The lowest BCUT2D eigenvalue weighted by Gasteiger charge is -2.08. The number of oxime groups is 1. The maximum absolute atomic E-state index is 4.94. The van der Waals surface area contributed by atoms with Crippen molar-refractivity contribution in [2.24, 2.45) is 5.16 Å². The van der Waals surface area contributed by atoms with Gasteiger partial charge >= 0.3 is 0 Å². The Morgan fingerprint density at radius 2 is 2.07 bits per heavy atom. The molecule has 1 aromatic rings. The van der Waals surface area contributed by atoms with Crippen molar-refractivity contribution in [3.63, 3.8) is 0 Å². The fourth-order valence-electron chi connectivity index (χ4n) is 1.32. The minimum Gasteiger partial charge on any atom is -0.396 e. The van der Waals surface area contributed by atoms with Gasteiger partial charge in [-0.15, -0.1) is 0 Å². The Hall–Kier alpha value is -1.31. The van der Waals surface area contributed by atoms with E-state index in [0.29, 0.717) is 12.5 Å². The van der Waals surface area contributed by atoms with Crippen LogP contribution in [-0.4, -0.2) is 12.8 Å². The Balaban J connectivity index is 2.84. The van der Waals surface area contributed by atoms with E-state index in [1.807, 2.05) is 19.1 Å². The van der Waals surface area contributed by atoms with Gasteiger partial charge in [0, 0.05) is 0 Å². The van der Waals surface area contributed by atoms with E-state index < -0.39 is 0 Å². The minimum absolute atomic E-state index is 0.513. The molecule has 0 amide bonds. The highest BCUT2D eigenvalue weighted by Crippen LogP contribution is 2.17. The van der Waals surface area contributed by atoms with Gasteiger partial charge in [-0.1, -0.05) is 43.3 Å². The van der Waals surface area contributed by atoms with Crippen LogP contribution in [0.2, 0.25) is 0 Å². The molecular weight excluding hydrogens is 174 g/mol. The fraction of sp³-hybridized carbons (Fsp3) is 0.417. The fourth-order valence-corrected chi connectivity index (χ4v) is 1.32. The lowest BCUT2D eigenvalue weighted by molar-refractivity contribution is 0.160. The Morgan fingerprint density at radius 1 is 1.36 bits per heavy atom. The average Bonchev–Trinajstić information content (AvgIpc) is 2.19. The Bertz CT molecular complexity index is 305. The van der Waals surface area contributed by atoms with E-state index in [4.69, 9.17) is 4.84 Å². The van der Waals surface area contributed by atoms with Crippen molar-refractivity contribution in [1.82, 2.24) is 0 Å². The zero-order valence-corrected chi connectivity index (χ0v) is 9.03. The summed E-state index contributed by atoms with van der Waals surface area (Å²) in [4.78, 5) is 4.94. The van der Waals surface area contributed by atoms with Crippen molar-refractivity contribution in [2.45, 2.75) is 26.7 Å². The highest BCUT2D eigenvalue weighted by atomic mass is 16.6. The van der Waals surface area contributed by atoms with Crippen molar-refractivity contribution in [3.05, 3.63) is 35.4 Å². The van der Waals surface area contributed by atoms with Gasteiger partial charge < -0.3 is 4.84 Å². The average molecular weight is 191 g/mol. The van der Waals surface area contributed by atoms with Crippen LogP contribution in [0.25, 0.3) is 0 Å². The van der Waals surface area contributed by atoms with Crippen LogP contribution in [0.1, 0.15) is 37.8 Å². The number of benzene rings is 1. The molecule has 0 aliphatic rings. The van der Waals surface area contributed by atoms with Gasteiger partial charge in [0.2, 0.25) is 0 Å². The normalized spacial score (nSPS) is 11.1. The first-order valence-corrected chi connectivity index (χ1v) is 5.00. The summed E-state index contributed by atoms with van der Waals surface area (Å²) in [5.41, 5.74) is 2.44. The molecule has 2 heteroatoms. The van der Waals surface area contributed by atoms with Gasteiger partial charge in [-0.25, -0.2) is 0 Å². The van der Waals surface area contributed by atoms with Gasteiger partial charge in [-0.3, -0.25) is 0 Å². The molecule has 0 saturated carbocycles. The van der Waals surface area contributed by atoms with Crippen molar-refractivity contribution in [2.75, 3.05) is 6.61 Å². The third-order valence-corrected chi connectivity index (χ3v) is 2.01. The van der Waals surface area contributed by atoms with Gasteiger partial charge in [-0.2, -0.15) is 0 Å². The topological polar surface area (TPSA) is 21.6 Å². The number of rotatable bonds is 4. The van der Waals surface area contributed by atoms with Gasteiger partial charge in [-0.05, 0) is 24.0 Å². The molecule has 0 radical (unpaired) electrons. The molecule has 0 N–H and O–H groups in total. The first-order chi connectivity index (χ1) is 6.75. The summed E-state index contributed by atoms with van der Waals surface area (Å²) in [5.74, 6) is 0.513. The SMILES string of the molecule is CCO/N=C\c1ccccc1C(C)C. The molecule has 0 unspecified atom stereocenters. The monoisotopic (exact) mass is 191 g/mol. The maximum Gasteiger partial charge on any atom is 0.114 e. The number of hydrogen-bond donors (Lipinski definition) is 0. The molecule has 76 valence electrons. The Labute approximate surface area is 85.6 Å². The summed E-state index contributed by atoms with van der Waals surface area (Å²) in [6.07, 6.45) is 1.78. The molecule has 0 aliphatic heterocycles.